The lowest BCUT2D eigenvalue weighted by molar-refractivity contribution is -0.0330. The molecule has 1 atom stereocenters. The maximum absolute atomic E-state index is 12.3. The van der Waals surface area contributed by atoms with Crippen LogP contribution in [0.25, 0.3) is 0 Å². The number of esters is 1. The molecule has 10 heteroatoms. The number of ether oxygens (including phenoxy) is 1. The number of carboxylic acids is 1. The average Bonchev–Trinajstić information content (AvgIpc) is 2.45. The molecule has 0 bridgehead atoms. The number of aromatic carboxylic acids is 1. The Labute approximate surface area is 165 Å². The SMILES string of the molecule is CC(O)(CCO)COC(=O)c1c(Br)c(Br)c(Br)c(Br)c1C(=O)O. The first-order valence-corrected chi connectivity index (χ1v) is 9.30. The molecule has 0 saturated heterocycles. The average molecular weight is 584 g/mol. The van der Waals surface area contributed by atoms with Gasteiger partial charge in [-0.1, -0.05) is 0 Å². The van der Waals surface area contributed by atoms with Crippen LogP contribution in [-0.2, 0) is 4.74 Å². The van der Waals surface area contributed by atoms with E-state index < -0.39 is 17.5 Å². The van der Waals surface area contributed by atoms with E-state index in [-0.39, 0.29) is 39.7 Å². The molecule has 1 aromatic carbocycles. The van der Waals surface area contributed by atoms with Crippen LogP contribution in [0.3, 0.4) is 0 Å². The van der Waals surface area contributed by atoms with Crippen LogP contribution in [0.5, 0.6) is 0 Å². The fourth-order valence-corrected chi connectivity index (χ4v) is 4.08. The van der Waals surface area contributed by atoms with Crippen LogP contribution < -0.4 is 0 Å². The summed E-state index contributed by atoms with van der Waals surface area (Å²) in [6.45, 7) is 0.740. The van der Waals surface area contributed by atoms with Crippen LogP contribution in [0.2, 0.25) is 0 Å². The predicted molar refractivity (Wildman–Crippen MR) is 96.8 cm³/mol. The Bertz CT molecular complexity index is 644. The summed E-state index contributed by atoms with van der Waals surface area (Å²) in [5.41, 5.74) is -1.89. The van der Waals surface area contributed by atoms with E-state index >= 15 is 0 Å². The van der Waals surface area contributed by atoms with Crippen molar-refractivity contribution in [1.29, 1.82) is 0 Å². The van der Waals surface area contributed by atoms with Crippen molar-refractivity contribution in [2.24, 2.45) is 0 Å². The van der Waals surface area contributed by atoms with Crippen molar-refractivity contribution in [2.45, 2.75) is 18.9 Å². The second-order valence-electron chi connectivity index (χ2n) is 4.86. The molecule has 0 aliphatic carbocycles. The fourth-order valence-electron chi connectivity index (χ4n) is 1.63. The van der Waals surface area contributed by atoms with E-state index in [1.807, 2.05) is 0 Å². The topological polar surface area (TPSA) is 104 Å². The highest BCUT2D eigenvalue weighted by molar-refractivity contribution is 9.15. The third-order valence-electron chi connectivity index (χ3n) is 2.85. The zero-order chi connectivity index (χ0) is 17.9. The first-order chi connectivity index (χ1) is 10.5. The third-order valence-corrected chi connectivity index (χ3v) is 7.62. The van der Waals surface area contributed by atoms with Crippen molar-refractivity contribution in [1.82, 2.24) is 0 Å². The largest absolute Gasteiger partial charge is 0.478 e. The minimum Gasteiger partial charge on any atom is -0.478 e. The van der Waals surface area contributed by atoms with Crippen molar-refractivity contribution in [2.75, 3.05) is 13.2 Å². The second-order valence-corrected chi connectivity index (χ2v) is 8.03. The van der Waals surface area contributed by atoms with E-state index in [1.54, 1.807) is 0 Å². The van der Waals surface area contributed by atoms with Gasteiger partial charge in [0, 0.05) is 30.9 Å². The summed E-state index contributed by atoms with van der Waals surface area (Å²) in [5, 5.41) is 28.1. The monoisotopic (exact) mass is 580 g/mol. The number of halogens is 4. The highest BCUT2D eigenvalue weighted by Crippen LogP contribution is 2.42. The molecule has 0 saturated carbocycles. The molecule has 6 nitrogen and oxygen atoms in total. The van der Waals surface area contributed by atoms with Gasteiger partial charge in [0.15, 0.2) is 0 Å². The Kier molecular flexibility index (Phi) is 7.68. The van der Waals surface area contributed by atoms with E-state index in [0.717, 1.165) is 0 Å². The second kappa shape index (κ2) is 8.39. The number of carbonyl (C=O) groups excluding carboxylic acids is 1. The molecule has 1 rings (SSSR count). The van der Waals surface area contributed by atoms with Gasteiger partial charge in [-0.25, -0.2) is 9.59 Å². The zero-order valence-corrected chi connectivity index (χ0v) is 18.0. The summed E-state index contributed by atoms with van der Waals surface area (Å²) in [7, 11) is 0. The number of hydrogen-bond acceptors (Lipinski definition) is 5. The summed E-state index contributed by atoms with van der Waals surface area (Å²) >= 11 is 12.8. The summed E-state index contributed by atoms with van der Waals surface area (Å²) in [6, 6.07) is 0. The van der Waals surface area contributed by atoms with Crippen molar-refractivity contribution in [3.63, 3.8) is 0 Å². The highest BCUT2D eigenvalue weighted by Gasteiger charge is 2.30. The zero-order valence-electron chi connectivity index (χ0n) is 11.7. The molecule has 0 aliphatic rings. The van der Waals surface area contributed by atoms with E-state index in [2.05, 4.69) is 63.7 Å². The first-order valence-electron chi connectivity index (χ1n) is 6.13. The van der Waals surface area contributed by atoms with Gasteiger partial charge in [0.2, 0.25) is 0 Å². The summed E-state index contributed by atoms with van der Waals surface area (Å²) in [4.78, 5) is 23.8. The number of rotatable bonds is 6. The van der Waals surface area contributed by atoms with E-state index in [4.69, 9.17) is 9.84 Å². The smallest absolute Gasteiger partial charge is 0.340 e. The fraction of sp³-hybridized carbons (Fsp3) is 0.385. The van der Waals surface area contributed by atoms with Gasteiger partial charge in [0.25, 0.3) is 0 Å². The summed E-state index contributed by atoms with van der Waals surface area (Å²) in [5.74, 6) is -2.23. The predicted octanol–water partition coefficient (Wildman–Crippen LogP) is 3.73. The van der Waals surface area contributed by atoms with Crippen LogP contribution in [-0.4, -0.2) is 46.1 Å². The Hall–Kier alpha value is -0.000000000000000222. The van der Waals surface area contributed by atoms with Gasteiger partial charge in [-0.15, -0.1) is 0 Å². The summed E-state index contributed by atoms with van der Waals surface area (Å²) < 4.78 is 6.25. The lowest BCUT2D eigenvalue weighted by Crippen LogP contribution is -2.33. The maximum atomic E-state index is 12.3. The van der Waals surface area contributed by atoms with Gasteiger partial charge in [-0.3, -0.25) is 0 Å². The van der Waals surface area contributed by atoms with E-state index in [0.29, 0.717) is 8.95 Å². The maximum Gasteiger partial charge on any atom is 0.340 e. The van der Waals surface area contributed by atoms with Crippen LogP contribution in [0, 0.1) is 0 Å². The van der Waals surface area contributed by atoms with Crippen molar-refractivity contribution in [3.05, 3.63) is 29.0 Å². The number of hydrogen-bond donors (Lipinski definition) is 3. The quantitative estimate of drug-likeness (QED) is 0.268. The molecule has 0 aromatic heterocycles. The molecule has 0 amide bonds. The number of carbonyl (C=O) groups is 2. The molecule has 0 fully saturated rings. The molecule has 1 unspecified atom stereocenters. The lowest BCUT2D eigenvalue weighted by Gasteiger charge is -2.22. The van der Waals surface area contributed by atoms with Crippen LogP contribution in [0.15, 0.2) is 17.9 Å². The van der Waals surface area contributed by atoms with Gasteiger partial charge >= 0.3 is 11.9 Å². The molecule has 23 heavy (non-hydrogen) atoms. The number of benzene rings is 1. The van der Waals surface area contributed by atoms with Gasteiger partial charge in [-0.2, -0.15) is 0 Å². The molecule has 128 valence electrons. The minimum absolute atomic E-state index is 0.0148. The molecule has 3 N–H and O–H groups in total. The van der Waals surface area contributed by atoms with E-state index in [1.165, 1.54) is 6.92 Å². The Morgan fingerprint density at radius 2 is 1.52 bits per heavy atom. The molecule has 0 aliphatic heterocycles. The van der Waals surface area contributed by atoms with Gasteiger partial charge < -0.3 is 20.1 Å². The minimum atomic E-state index is -1.41. The van der Waals surface area contributed by atoms with Crippen LogP contribution in [0.1, 0.15) is 34.1 Å². The molecule has 0 spiro atoms. The Balaban J connectivity index is 3.26. The molecule has 0 heterocycles. The van der Waals surface area contributed by atoms with E-state index in [9.17, 15) is 19.8 Å². The van der Waals surface area contributed by atoms with Crippen molar-refractivity contribution >= 4 is 75.7 Å². The van der Waals surface area contributed by atoms with Crippen molar-refractivity contribution in [3.8, 4) is 0 Å². The Morgan fingerprint density at radius 1 is 1.04 bits per heavy atom. The van der Waals surface area contributed by atoms with Crippen molar-refractivity contribution < 1.29 is 29.6 Å². The lowest BCUT2D eigenvalue weighted by atomic mass is 10.0. The molecular weight excluding hydrogens is 572 g/mol. The number of aliphatic hydroxyl groups excluding tert-OH is 1. The normalized spacial score (nSPS) is 13.5. The van der Waals surface area contributed by atoms with Crippen LogP contribution >= 0.6 is 63.7 Å². The first kappa shape index (κ1) is 21.0. The molecular formula is C13H12Br4O6. The molecule has 1 aromatic rings. The van der Waals surface area contributed by atoms with Gasteiger partial charge in [0.1, 0.15) is 6.61 Å². The number of carboxylic acid groups (broad SMARTS) is 1. The number of aliphatic hydroxyl groups is 2. The molecule has 0 radical (unpaired) electrons. The highest BCUT2D eigenvalue weighted by atomic mass is 79.9. The Morgan fingerprint density at radius 3 is 1.96 bits per heavy atom. The van der Waals surface area contributed by atoms with Gasteiger partial charge in [0.05, 0.1) is 16.7 Å². The third kappa shape index (κ3) is 4.99. The standard InChI is InChI=1S/C13H12Br4O6/c1-13(22,2-3-18)4-23-12(21)6-5(11(19)20)7(14)9(16)10(17)8(6)15/h18,22H,2-4H2,1H3,(H,19,20). The summed E-state index contributed by atoms with van der Waals surface area (Å²) in [6.07, 6.45) is 0.0148. The van der Waals surface area contributed by atoms with Crippen LogP contribution in [0.4, 0.5) is 0 Å². The van der Waals surface area contributed by atoms with Gasteiger partial charge in [-0.05, 0) is 70.6 Å².